The van der Waals surface area contributed by atoms with Gasteiger partial charge in [0.15, 0.2) is 0 Å². The van der Waals surface area contributed by atoms with Gasteiger partial charge in [0.05, 0.1) is 25.3 Å². The van der Waals surface area contributed by atoms with Gasteiger partial charge < -0.3 is 9.47 Å². The van der Waals surface area contributed by atoms with Crippen LogP contribution in [0.5, 0.6) is 0 Å². The lowest BCUT2D eigenvalue weighted by atomic mass is 9.75. The highest BCUT2D eigenvalue weighted by atomic mass is 16.6. The van der Waals surface area contributed by atoms with Crippen molar-refractivity contribution < 1.29 is 14.3 Å². The second-order valence-electron chi connectivity index (χ2n) is 9.04. The largest absolute Gasteiger partial charge is 0.448 e. The van der Waals surface area contributed by atoms with Crippen LogP contribution in [0.15, 0.2) is 60.2 Å². The molecule has 2 unspecified atom stereocenters. The van der Waals surface area contributed by atoms with E-state index in [0.717, 1.165) is 12.3 Å². The van der Waals surface area contributed by atoms with Crippen molar-refractivity contribution >= 4 is 6.09 Å². The fraction of sp³-hybridized carbons (Fsp3) is 0.423. The second-order valence-corrected chi connectivity index (χ2v) is 9.04. The third kappa shape index (κ3) is 2.89. The summed E-state index contributed by atoms with van der Waals surface area (Å²) in [4.78, 5) is 15.1. The summed E-state index contributed by atoms with van der Waals surface area (Å²) in [5.41, 5.74) is 6.56. The molecule has 2 aromatic rings. The zero-order valence-corrected chi connectivity index (χ0v) is 17.1. The van der Waals surface area contributed by atoms with Crippen molar-refractivity contribution in [2.45, 2.75) is 43.7 Å². The Morgan fingerprint density at radius 2 is 1.70 bits per heavy atom. The van der Waals surface area contributed by atoms with E-state index in [1.54, 1.807) is 5.57 Å². The highest BCUT2D eigenvalue weighted by Crippen LogP contribution is 2.45. The summed E-state index contributed by atoms with van der Waals surface area (Å²) in [6.45, 7) is 1.57. The predicted molar refractivity (Wildman–Crippen MR) is 115 cm³/mol. The summed E-state index contributed by atoms with van der Waals surface area (Å²) in [5.74, 6) is 0.834. The average molecular weight is 402 g/mol. The van der Waals surface area contributed by atoms with E-state index < -0.39 is 0 Å². The monoisotopic (exact) mass is 401 g/mol. The molecule has 2 aromatic carbocycles. The Bertz CT molecular complexity index is 963. The second kappa shape index (κ2) is 7.28. The molecule has 2 aliphatic carbocycles. The molecule has 2 atom stereocenters. The molecule has 4 nitrogen and oxygen atoms in total. The molecule has 0 radical (unpaired) electrons. The highest BCUT2D eigenvalue weighted by molar-refractivity contribution is 5.79. The fourth-order valence-corrected chi connectivity index (χ4v) is 5.66. The molecule has 154 valence electrons. The molecule has 4 heteroatoms. The van der Waals surface area contributed by atoms with Gasteiger partial charge in [-0.2, -0.15) is 0 Å². The molecule has 4 aliphatic rings. The summed E-state index contributed by atoms with van der Waals surface area (Å²) < 4.78 is 11.7. The highest BCUT2D eigenvalue weighted by Gasteiger charge is 2.41. The van der Waals surface area contributed by atoms with E-state index in [1.807, 2.05) is 4.90 Å². The van der Waals surface area contributed by atoms with E-state index in [0.29, 0.717) is 19.8 Å². The lowest BCUT2D eigenvalue weighted by Gasteiger charge is -2.46. The van der Waals surface area contributed by atoms with Gasteiger partial charge in [-0.05, 0) is 47.4 Å². The van der Waals surface area contributed by atoms with Crippen molar-refractivity contribution in [3.8, 4) is 11.1 Å². The van der Waals surface area contributed by atoms with Gasteiger partial charge in [0.2, 0.25) is 0 Å². The zero-order valence-electron chi connectivity index (χ0n) is 17.1. The molecule has 2 heterocycles. The average Bonchev–Trinajstić information content (AvgIpc) is 3.04. The first kappa shape index (κ1) is 18.2. The van der Waals surface area contributed by atoms with E-state index in [4.69, 9.17) is 9.47 Å². The van der Waals surface area contributed by atoms with Gasteiger partial charge in [0, 0.05) is 5.92 Å². The standard InChI is InChI=1S/C26H27NO3/c28-26(27-19-12-18(17-6-5-7-17)13-20(27)15-29-14-19)30-16-25-23-10-3-1-8-21(23)22-9-2-4-11-24(22)25/h1-4,8-12,17,19-20,25H,5-7,13-16H2. The summed E-state index contributed by atoms with van der Waals surface area (Å²) >= 11 is 0. The predicted octanol–water partition coefficient (Wildman–Crippen LogP) is 5.14. The van der Waals surface area contributed by atoms with E-state index in [9.17, 15) is 4.79 Å². The van der Waals surface area contributed by atoms with Crippen LogP contribution in [0.25, 0.3) is 11.1 Å². The Morgan fingerprint density at radius 3 is 2.33 bits per heavy atom. The minimum atomic E-state index is -0.195. The third-order valence-electron chi connectivity index (χ3n) is 7.40. The van der Waals surface area contributed by atoms with E-state index >= 15 is 0 Å². The molecule has 6 rings (SSSR count). The van der Waals surface area contributed by atoms with Crippen molar-refractivity contribution in [2.75, 3.05) is 19.8 Å². The Labute approximate surface area is 177 Å². The Kier molecular flexibility index (Phi) is 4.41. The molecule has 0 spiro atoms. The molecule has 2 fully saturated rings. The lowest BCUT2D eigenvalue weighted by Crippen LogP contribution is -2.57. The molecule has 2 bridgehead atoms. The minimum absolute atomic E-state index is 0.0174. The Hall–Kier alpha value is -2.59. The summed E-state index contributed by atoms with van der Waals surface area (Å²) in [6, 6.07) is 17.1. The topological polar surface area (TPSA) is 38.8 Å². The van der Waals surface area contributed by atoms with Crippen molar-refractivity contribution in [3.63, 3.8) is 0 Å². The molecule has 2 aliphatic heterocycles. The Balaban J connectivity index is 1.21. The van der Waals surface area contributed by atoms with Gasteiger partial charge in [-0.15, -0.1) is 0 Å². The van der Waals surface area contributed by atoms with Crippen LogP contribution in [0.2, 0.25) is 0 Å². The van der Waals surface area contributed by atoms with Crippen molar-refractivity contribution in [1.82, 2.24) is 4.90 Å². The molecule has 1 saturated heterocycles. The van der Waals surface area contributed by atoms with Crippen LogP contribution in [0, 0.1) is 5.92 Å². The maximum atomic E-state index is 13.2. The van der Waals surface area contributed by atoms with Crippen molar-refractivity contribution in [2.24, 2.45) is 5.92 Å². The van der Waals surface area contributed by atoms with Gasteiger partial charge >= 0.3 is 6.09 Å². The first-order valence-corrected chi connectivity index (χ1v) is 11.2. The van der Waals surface area contributed by atoms with Crippen LogP contribution in [0.3, 0.4) is 0 Å². The quantitative estimate of drug-likeness (QED) is 0.669. The number of hydrogen-bond acceptors (Lipinski definition) is 3. The van der Waals surface area contributed by atoms with Crippen molar-refractivity contribution in [3.05, 3.63) is 71.3 Å². The summed E-state index contributed by atoms with van der Waals surface area (Å²) in [7, 11) is 0. The van der Waals surface area contributed by atoms with Crippen LogP contribution >= 0.6 is 0 Å². The number of nitrogens with zero attached hydrogens (tertiary/aromatic N) is 1. The van der Waals surface area contributed by atoms with Gasteiger partial charge in [-0.25, -0.2) is 4.79 Å². The SMILES string of the molecule is O=C(OCC1c2ccccc2-c2ccccc21)N1C2C=C(C3CCC3)CC1COC2. The molecule has 1 amide bonds. The molecule has 0 N–H and O–H groups in total. The Morgan fingerprint density at radius 1 is 1.00 bits per heavy atom. The van der Waals surface area contributed by atoms with Crippen LogP contribution in [0.4, 0.5) is 4.79 Å². The van der Waals surface area contributed by atoms with Gasteiger partial charge in [-0.3, -0.25) is 4.90 Å². The van der Waals surface area contributed by atoms with Crippen molar-refractivity contribution in [1.29, 1.82) is 0 Å². The number of ether oxygens (including phenoxy) is 2. The van der Waals surface area contributed by atoms with Crippen LogP contribution in [0.1, 0.15) is 42.7 Å². The third-order valence-corrected chi connectivity index (χ3v) is 7.40. The van der Waals surface area contributed by atoms with Crippen LogP contribution in [-0.4, -0.2) is 42.9 Å². The number of amides is 1. The summed E-state index contributed by atoms with van der Waals surface area (Å²) in [5, 5.41) is 0. The van der Waals surface area contributed by atoms with E-state index in [-0.39, 0.29) is 24.1 Å². The number of benzene rings is 2. The first-order chi connectivity index (χ1) is 14.8. The molecular weight excluding hydrogens is 374 g/mol. The maximum absolute atomic E-state index is 13.2. The number of morpholine rings is 1. The summed E-state index contributed by atoms with van der Waals surface area (Å²) in [6.07, 6.45) is 6.98. The molecule has 0 aromatic heterocycles. The maximum Gasteiger partial charge on any atom is 0.410 e. The fourth-order valence-electron chi connectivity index (χ4n) is 5.66. The number of rotatable bonds is 3. The molecule has 30 heavy (non-hydrogen) atoms. The number of fused-ring (bicyclic) bond motifs is 5. The minimum Gasteiger partial charge on any atom is -0.448 e. The number of carbonyl (C=O) groups is 1. The molecule has 1 saturated carbocycles. The smallest absolute Gasteiger partial charge is 0.410 e. The van der Waals surface area contributed by atoms with Gasteiger partial charge in [0.25, 0.3) is 0 Å². The van der Waals surface area contributed by atoms with Crippen LogP contribution in [-0.2, 0) is 9.47 Å². The van der Waals surface area contributed by atoms with E-state index in [1.165, 1.54) is 41.5 Å². The van der Waals surface area contributed by atoms with Gasteiger partial charge in [0.1, 0.15) is 6.61 Å². The normalized spacial score (nSPS) is 25.2. The number of hydrogen-bond donors (Lipinski definition) is 0. The van der Waals surface area contributed by atoms with Crippen LogP contribution < -0.4 is 0 Å². The zero-order chi connectivity index (χ0) is 20.1. The van der Waals surface area contributed by atoms with Gasteiger partial charge in [-0.1, -0.05) is 66.6 Å². The van der Waals surface area contributed by atoms with E-state index in [2.05, 4.69) is 54.6 Å². The number of carbonyl (C=O) groups excluding carboxylic acids is 1. The first-order valence-electron chi connectivity index (χ1n) is 11.2. The lowest BCUT2D eigenvalue weighted by molar-refractivity contribution is -0.0380. The molecular formula is C26H27NO3.